The summed E-state index contributed by atoms with van der Waals surface area (Å²) in [6.07, 6.45) is 3.46. The molecule has 8 nitrogen and oxygen atoms in total. The van der Waals surface area contributed by atoms with E-state index in [0.717, 1.165) is 18.5 Å². The Hall–Kier alpha value is -3.18. The van der Waals surface area contributed by atoms with Crippen molar-refractivity contribution in [1.82, 2.24) is 19.7 Å². The zero-order chi connectivity index (χ0) is 18.8. The van der Waals surface area contributed by atoms with Crippen LogP contribution in [-0.2, 0) is 16.2 Å². The summed E-state index contributed by atoms with van der Waals surface area (Å²) in [5, 5.41) is 14.7. The predicted molar refractivity (Wildman–Crippen MR) is 94.1 cm³/mol. The molecule has 138 valence electrons. The van der Waals surface area contributed by atoms with Gasteiger partial charge in [-0.2, -0.15) is 10.4 Å². The molecule has 1 aromatic heterocycles. The summed E-state index contributed by atoms with van der Waals surface area (Å²) in [4.78, 5) is 33.1. The molecular formula is C19H19N5O3. The number of hydrogen-bond acceptors (Lipinski definition) is 5. The van der Waals surface area contributed by atoms with Crippen molar-refractivity contribution in [3.8, 4) is 6.07 Å². The number of carbonyl (C=O) groups is 2. The molecule has 27 heavy (non-hydrogen) atoms. The second-order valence-electron chi connectivity index (χ2n) is 6.64. The maximum Gasteiger partial charge on any atom is 0.272 e. The molecule has 4 rings (SSSR count). The number of amides is 2. The maximum atomic E-state index is 13.0. The van der Waals surface area contributed by atoms with Crippen molar-refractivity contribution in [2.45, 2.75) is 25.4 Å². The van der Waals surface area contributed by atoms with Gasteiger partial charge in [0.15, 0.2) is 6.04 Å². The average molecular weight is 365 g/mol. The fourth-order valence-electron chi connectivity index (χ4n) is 3.47. The third-order valence-corrected chi connectivity index (χ3v) is 4.85. The molecule has 0 N–H and O–H groups in total. The van der Waals surface area contributed by atoms with Crippen LogP contribution in [0.4, 0.5) is 0 Å². The van der Waals surface area contributed by atoms with E-state index in [1.807, 2.05) is 12.1 Å². The molecule has 0 radical (unpaired) electrons. The number of hydroxylamine groups is 2. The van der Waals surface area contributed by atoms with E-state index < -0.39 is 6.04 Å². The van der Waals surface area contributed by atoms with E-state index in [1.54, 1.807) is 40.0 Å². The molecule has 2 amide bonds. The quantitative estimate of drug-likeness (QED) is 0.804. The monoisotopic (exact) mass is 365 g/mol. The lowest BCUT2D eigenvalue weighted by molar-refractivity contribution is -0.201. The normalized spacial score (nSPS) is 19.3. The third-order valence-electron chi connectivity index (χ3n) is 4.85. The number of nitriles is 1. The Morgan fingerprint density at radius 2 is 2.15 bits per heavy atom. The standard InChI is InChI=1S/C19H19N5O3/c20-11-14-4-3-5-15(10-14)18(25)22-12-16-6-7-21-24(16)17(13-22)19(26)23-8-1-2-9-27-23/h3-7,10,17H,1-2,8-9,12-13H2/t17-/m0/s1. The minimum atomic E-state index is -0.620. The summed E-state index contributed by atoms with van der Waals surface area (Å²) in [5.74, 6) is -0.403. The fraction of sp³-hybridized carbons (Fsp3) is 0.368. The summed E-state index contributed by atoms with van der Waals surface area (Å²) in [6.45, 7) is 1.64. The van der Waals surface area contributed by atoms with Crippen molar-refractivity contribution < 1.29 is 14.4 Å². The van der Waals surface area contributed by atoms with Gasteiger partial charge in [0.05, 0.1) is 37.0 Å². The van der Waals surface area contributed by atoms with E-state index in [0.29, 0.717) is 30.8 Å². The highest BCUT2D eigenvalue weighted by Crippen LogP contribution is 2.25. The SMILES string of the molecule is N#Cc1cccc(C(=O)N2Cc3ccnn3[C@H](C(=O)N3CCCCO3)C2)c1. The molecule has 1 atom stereocenters. The van der Waals surface area contributed by atoms with Gasteiger partial charge < -0.3 is 4.90 Å². The second-order valence-corrected chi connectivity index (χ2v) is 6.64. The maximum absolute atomic E-state index is 13.0. The second kappa shape index (κ2) is 7.21. The third kappa shape index (κ3) is 3.29. The smallest absolute Gasteiger partial charge is 0.272 e. The topological polar surface area (TPSA) is 91.5 Å². The van der Waals surface area contributed by atoms with Crippen molar-refractivity contribution >= 4 is 11.8 Å². The van der Waals surface area contributed by atoms with Gasteiger partial charge in [0, 0.05) is 18.3 Å². The molecule has 0 bridgehead atoms. The Balaban J connectivity index is 1.60. The first-order valence-corrected chi connectivity index (χ1v) is 8.93. The number of carbonyl (C=O) groups excluding carboxylic acids is 2. The molecule has 8 heteroatoms. The first kappa shape index (κ1) is 17.2. The van der Waals surface area contributed by atoms with E-state index >= 15 is 0 Å². The summed E-state index contributed by atoms with van der Waals surface area (Å²) in [7, 11) is 0. The predicted octanol–water partition coefficient (Wildman–Crippen LogP) is 1.51. The Labute approximate surface area is 156 Å². The summed E-state index contributed by atoms with van der Waals surface area (Å²) in [5.41, 5.74) is 1.65. The first-order chi connectivity index (χ1) is 13.2. The minimum Gasteiger partial charge on any atom is -0.330 e. The van der Waals surface area contributed by atoms with Gasteiger partial charge in [0.2, 0.25) is 0 Å². The number of benzene rings is 1. The van der Waals surface area contributed by atoms with Gasteiger partial charge in [-0.3, -0.25) is 19.1 Å². The van der Waals surface area contributed by atoms with Crippen molar-refractivity contribution in [1.29, 1.82) is 5.26 Å². The highest BCUT2D eigenvalue weighted by molar-refractivity contribution is 5.95. The van der Waals surface area contributed by atoms with E-state index in [1.165, 1.54) is 5.06 Å². The summed E-state index contributed by atoms with van der Waals surface area (Å²) < 4.78 is 1.68. The minimum absolute atomic E-state index is 0.192. The summed E-state index contributed by atoms with van der Waals surface area (Å²) >= 11 is 0. The highest BCUT2D eigenvalue weighted by atomic mass is 16.7. The van der Waals surface area contributed by atoms with Gasteiger partial charge in [-0.05, 0) is 37.1 Å². The Bertz CT molecular complexity index is 910. The molecule has 2 aliphatic rings. The van der Waals surface area contributed by atoms with Crippen LogP contribution < -0.4 is 0 Å². The van der Waals surface area contributed by atoms with Crippen molar-refractivity contribution in [3.05, 3.63) is 53.3 Å². The number of aromatic nitrogens is 2. The van der Waals surface area contributed by atoms with Crippen LogP contribution in [0.25, 0.3) is 0 Å². The van der Waals surface area contributed by atoms with Crippen LogP contribution in [0.3, 0.4) is 0 Å². The van der Waals surface area contributed by atoms with Crippen molar-refractivity contribution in [3.63, 3.8) is 0 Å². The Morgan fingerprint density at radius 3 is 2.93 bits per heavy atom. The number of fused-ring (bicyclic) bond motifs is 1. The lowest BCUT2D eigenvalue weighted by Crippen LogP contribution is -2.49. The van der Waals surface area contributed by atoms with E-state index in [9.17, 15) is 9.59 Å². The van der Waals surface area contributed by atoms with Gasteiger partial charge in [-0.1, -0.05) is 6.07 Å². The van der Waals surface area contributed by atoms with Gasteiger partial charge in [-0.25, -0.2) is 5.06 Å². The largest absolute Gasteiger partial charge is 0.330 e. The number of hydrogen-bond donors (Lipinski definition) is 0. The van der Waals surface area contributed by atoms with E-state index in [-0.39, 0.29) is 18.4 Å². The van der Waals surface area contributed by atoms with Crippen LogP contribution in [0.2, 0.25) is 0 Å². The molecule has 0 saturated carbocycles. The van der Waals surface area contributed by atoms with Crippen LogP contribution in [0.1, 0.15) is 40.5 Å². The summed E-state index contributed by atoms with van der Waals surface area (Å²) in [6, 6.07) is 9.82. The van der Waals surface area contributed by atoms with Crippen LogP contribution in [0, 0.1) is 11.3 Å². The molecule has 1 aromatic carbocycles. The Morgan fingerprint density at radius 1 is 1.26 bits per heavy atom. The lowest BCUT2D eigenvalue weighted by atomic mass is 10.1. The van der Waals surface area contributed by atoms with Crippen molar-refractivity contribution in [2.75, 3.05) is 19.7 Å². The molecule has 2 aliphatic heterocycles. The van der Waals surface area contributed by atoms with Crippen LogP contribution in [0.5, 0.6) is 0 Å². The molecule has 0 unspecified atom stereocenters. The first-order valence-electron chi connectivity index (χ1n) is 8.93. The van der Waals surface area contributed by atoms with Crippen molar-refractivity contribution in [2.24, 2.45) is 0 Å². The molecule has 0 aliphatic carbocycles. The van der Waals surface area contributed by atoms with Gasteiger partial charge >= 0.3 is 0 Å². The fourth-order valence-corrected chi connectivity index (χ4v) is 3.47. The zero-order valence-electron chi connectivity index (χ0n) is 14.7. The van der Waals surface area contributed by atoms with Gasteiger partial charge in [0.25, 0.3) is 11.8 Å². The molecule has 1 saturated heterocycles. The van der Waals surface area contributed by atoms with Crippen LogP contribution >= 0.6 is 0 Å². The molecule has 2 aromatic rings. The number of rotatable bonds is 2. The Kier molecular flexibility index (Phi) is 4.60. The van der Waals surface area contributed by atoms with E-state index in [2.05, 4.69) is 5.10 Å². The molecular weight excluding hydrogens is 346 g/mol. The van der Waals surface area contributed by atoms with E-state index in [4.69, 9.17) is 10.1 Å². The number of nitrogens with zero attached hydrogens (tertiary/aromatic N) is 5. The molecule has 0 spiro atoms. The highest BCUT2D eigenvalue weighted by Gasteiger charge is 2.36. The lowest BCUT2D eigenvalue weighted by Gasteiger charge is -2.36. The van der Waals surface area contributed by atoms with Crippen LogP contribution in [0.15, 0.2) is 36.5 Å². The molecule has 3 heterocycles. The molecule has 1 fully saturated rings. The van der Waals surface area contributed by atoms with Gasteiger partial charge in [-0.15, -0.1) is 0 Å². The average Bonchev–Trinajstić information content (AvgIpc) is 3.21. The van der Waals surface area contributed by atoms with Gasteiger partial charge in [0.1, 0.15) is 0 Å². The zero-order valence-corrected chi connectivity index (χ0v) is 14.7. The van der Waals surface area contributed by atoms with Crippen LogP contribution in [-0.4, -0.2) is 51.3 Å².